The molecule has 68 valence electrons. The van der Waals surface area contributed by atoms with E-state index in [1.165, 1.54) is 19.3 Å². The molecular formula is C10H17NO. The van der Waals surface area contributed by atoms with Gasteiger partial charge in [0.15, 0.2) is 0 Å². The Labute approximate surface area is 73.7 Å². The van der Waals surface area contributed by atoms with E-state index in [1.54, 1.807) is 0 Å². The van der Waals surface area contributed by atoms with Crippen molar-refractivity contribution in [2.45, 2.75) is 44.6 Å². The lowest BCUT2D eigenvalue weighted by Gasteiger charge is -2.25. The van der Waals surface area contributed by atoms with Gasteiger partial charge in [-0.2, -0.15) is 0 Å². The summed E-state index contributed by atoms with van der Waals surface area (Å²) >= 11 is 0. The number of rotatable bonds is 1. The average Bonchev–Trinajstić information content (AvgIpc) is 2.57. The highest BCUT2D eigenvalue weighted by Gasteiger charge is 2.31. The SMILES string of the molecule is O=C1CCCCC1C1CCCN1. The number of Topliss-reactive ketones (excluding diaryl/α,β-unsaturated/α-hetero) is 1. The maximum Gasteiger partial charge on any atom is 0.137 e. The van der Waals surface area contributed by atoms with E-state index in [9.17, 15) is 4.79 Å². The first-order chi connectivity index (χ1) is 5.88. The van der Waals surface area contributed by atoms with Gasteiger partial charge in [-0.25, -0.2) is 0 Å². The molecule has 2 unspecified atom stereocenters. The Bertz CT molecular complexity index is 173. The van der Waals surface area contributed by atoms with E-state index in [0.717, 1.165) is 25.8 Å². The van der Waals surface area contributed by atoms with Crippen molar-refractivity contribution in [3.63, 3.8) is 0 Å². The first kappa shape index (κ1) is 8.24. The fraction of sp³-hybridized carbons (Fsp3) is 0.900. The van der Waals surface area contributed by atoms with Crippen LogP contribution >= 0.6 is 0 Å². The lowest BCUT2D eigenvalue weighted by molar-refractivity contribution is -0.125. The van der Waals surface area contributed by atoms with Gasteiger partial charge in [0, 0.05) is 18.4 Å². The summed E-state index contributed by atoms with van der Waals surface area (Å²) in [5, 5.41) is 3.44. The lowest BCUT2D eigenvalue weighted by Crippen LogP contribution is -2.37. The molecule has 0 radical (unpaired) electrons. The molecule has 1 saturated heterocycles. The molecule has 0 bridgehead atoms. The molecule has 1 aliphatic carbocycles. The molecule has 2 nitrogen and oxygen atoms in total. The fourth-order valence-electron chi connectivity index (χ4n) is 2.49. The number of nitrogens with one attached hydrogen (secondary N) is 1. The number of carbonyl (C=O) groups is 1. The maximum absolute atomic E-state index is 11.5. The summed E-state index contributed by atoms with van der Waals surface area (Å²) in [6, 6.07) is 0.526. The van der Waals surface area contributed by atoms with Gasteiger partial charge >= 0.3 is 0 Å². The molecule has 2 fully saturated rings. The molecule has 12 heavy (non-hydrogen) atoms. The highest BCUT2D eigenvalue weighted by atomic mass is 16.1. The normalized spacial score (nSPS) is 37.2. The Kier molecular flexibility index (Phi) is 2.45. The van der Waals surface area contributed by atoms with Gasteiger partial charge < -0.3 is 5.32 Å². The number of ketones is 1. The summed E-state index contributed by atoms with van der Waals surface area (Å²) < 4.78 is 0. The fourth-order valence-corrected chi connectivity index (χ4v) is 2.49. The van der Waals surface area contributed by atoms with Crippen molar-refractivity contribution in [3.8, 4) is 0 Å². The van der Waals surface area contributed by atoms with Gasteiger partial charge in [0.05, 0.1) is 0 Å². The molecule has 1 saturated carbocycles. The summed E-state index contributed by atoms with van der Waals surface area (Å²) in [6.07, 6.45) is 6.83. The summed E-state index contributed by atoms with van der Waals surface area (Å²) in [4.78, 5) is 11.5. The van der Waals surface area contributed by atoms with Crippen molar-refractivity contribution in [2.24, 2.45) is 5.92 Å². The van der Waals surface area contributed by atoms with Gasteiger partial charge in [-0.1, -0.05) is 6.42 Å². The van der Waals surface area contributed by atoms with Crippen molar-refractivity contribution in [1.29, 1.82) is 0 Å². The molecule has 0 aromatic heterocycles. The minimum atomic E-state index is 0.362. The minimum absolute atomic E-state index is 0.362. The van der Waals surface area contributed by atoms with Crippen LogP contribution in [0.4, 0.5) is 0 Å². The molecule has 0 spiro atoms. The van der Waals surface area contributed by atoms with Crippen LogP contribution in [0.3, 0.4) is 0 Å². The van der Waals surface area contributed by atoms with Gasteiger partial charge in [0.2, 0.25) is 0 Å². The van der Waals surface area contributed by atoms with E-state index >= 15 is 0 Å². The second kappa shape index (κ2) is 3.56. The molecule has 0 amide bonds. The molecular weight excluding hydrogens is 150 g/mol. The Morgan fingerprint density at radius 2 is 2.08 bits per heavy atom. The Hall–Kier alpha value is -0.370. The van der Waals surface area contributed by atoms with Crippen LogP contribution in [0.25, 0.3) is 0 Å². The van der Waals surface area contributed by atoms with E-state index in [-0.39, 0.29) is 0 Å². The van der Waals surface area contributed by atoms with Crippen molar-refractivity contribution in [2.75, 3.05) is 6.54 Å². The standard InChI is InChI=1S/C10H17NO/c12-10-6-2-1-4-8(10)9-5-3-7-11-9/h8-9,11H,1-7H2. The van der Waals surface area contributed by atoms with E-state index in [1.807, 2.05) is 0 Å². The van der Waals surface area contributed by atoms with E-state index in [4.69, 9.17) is 0 Å². The van der Waals surface area contributed by atoms with Gasteiger partial charge in [-0.05, 0) is 32.2 Å². The van der Waals surface area contributed by atoms with E-state index in [2.05, 4.69) is 5.32 Å². The summed E-state index contributed by atoms with van der Waals surface area (Å²) in [5.74, 6) is 0.877. The van der Waals surface area contributed by atoms with Crippen LogP contribution in [0.1, 0.15) is 38.5 Å². The zero-order chi connectivity index (χ0) is 8.39. The number of carbonyl (C=O) groups excluding carboxylic acids is 1. The predicted molar refractivity (Wildman–Crippen MR) is 48.0 cm³/mol. The third-order valence-corrected chi connectivity index (χ3v) is 3.19. The molecule has 2 rings (SSSR count). The number of hydrogen-bond donors (Lipinski definition) is 1. The van der Waals surface area contributed by atoms with Crippen molar-refractivity contribution in [1.82, 2.24) is 5.32 Å². The lowest BCUT2D eigenvalue weighted by atomic mass is 9.82. The zero-order valence-corrected chi connectivity index (χ0v) is 7.51. The quantitative estimate of drug-likeness (QED) is 0.641. The Morgan fingerprint density at radius 1 is 1.17 bits per heavy atom. The van der Waals surface area contributed by atoms with Crippen LogP contribution in [-0.4, -0.2) is 18.4 Å². The summed E-state index contributed by atoms with van der Waals surface area (Å²) in [7, 11) is 0. The van der Waals surface area contributed by atoms with Gasteiger partial charge in [0.1, 0.15) is 5.78 Å². The second-order valence-corrected chi connectivity index (χ2v) is 4.02. The first-order valence-corrected chi connectivity index (χ1v) is 5.14. The predicted octanol–water partition coefficient (Wildman–Crippen LogP) is 1.50. The zero-order valence-electron chi connectivity index (χ0n) is 7.51. The van der Waals surface area contributed by atoms with Gasteiger partial charge in [-0.3, -0.25) is 4.79 Å². The van der Waals surface area contributed by atoms with Crippen molar-refractivity contribution in [3.05, 3.63) is 0 Å². The third kappa shape index (κ3) is 1.53. The van der Waals surface area contributed by atoms with Crippen LogP contribution in [0.5, 0.6) is 0 Å². The molecule has 2 heteroatoms. The molecule has 2 aliphatic rings. The molecule has 0 aromatic carbocycles. The van der Waals surface area contributed by atoms with Crippen LogP contribution < -0.4 is 5.32 Å². The Morgan fingerprint density at radius 3 is 2.75 bits per heavy atom. The minimum Gasteiger partial charge on any atom is -0.313 e. The molecule has 1 aliphatic heterocycles. The number of hydrogen-bond acceptors (Lipinski definition) is 2. The first-order valence-electron chi connectivity index (χ1n) is 5.14. The highest BCUT2D eigenvalue weighted by Crippen LogP contribution is 2.27. The van der Waals surface area contributed by atoms with Crippen molar-refractivity contribution >= 4 is 5.78 Å². The molecule has 1 N–H and O–H groups in total. The third-order valence-electron chi connectivity index (χ3n) is 3.19. The van der Waals surface area contributed by atoms with E-state index in [0.29, 0.717) is 17.7 Å². The van der Waals surface area contributed by atoms with Gasteiger partial charge in [-0.15, -0.1) is 0 Å². The molecule has 0 aromatic rings. The van der Waals surface area contributed by atoms with Crippen LogP contribution in [0.2, 0.25) is 0 Å². The maximum atomic E-state index is 11.5. The van der Waals surface area contributed by atoms with Crippen LogP contribution in [0.15, 0.2) is 0 Å². The smallest absolute Gasteiger partial charge is 0.137 e. The second-order valence-electron chi connectivity index (χ2n) is 4.02. The average molecular weight is 167 g/mol. The largest absolute Gasteiger partial charge is 0.313 e. The molecule has 2 atom stereocenters. The van der Waals surface area contributed by atoms with Crippen LogP contribution in [-0.2, 0) is 4.79 Å². The monoisotopic (exact) mass is 167 g/mol. The van der Waals surface area contributed by atoms with Crippen molar-refractivity contribution < 1.29 is 4.79 Å². The Balaban J connectivity index is 1.95. The highest BCUT2D eigenvalue weighted by molar-refractivity contribution is 5.82. The van der Waals surface area contributed by atoms with Crippen LogP contribution in [0, 0.1) is 5.92 Å². The molecule has 1 heterocycles. The summed E-state index contributed by atoms with van der Waals surface area (Å²) in [6.45, 7) is 1.12. The van der Waals surface area contributed by atoms with E-state index < -0.39 is 0 Å². The topological polar surface area (TPSA) is 29.1 Å². The summed E-state index contributed by atoms with van der Waals surface area (Å²) in [5.41, 5.74) is 0. The van der Waals surface area contributed by atoms with Gasteiger partial charge in [0.25, 0.3) is 0 Å².